The molecule has 0 aliphatic carbocycles. The van der Waals surface area contributed by atoms with Gasteiger partial charge in [0.2, 0.25) is 0 Å². The maximum Gasteiger partial charge on any atom is 0.293 e. The second-order valence-corrected chi connectivity index (χ2v) is 9.78. The van der Waals surface area contributed by atoms with Crippen LogP contribution in [0, 0.1) is 10.1 Å². The van der Waals surface area contributed by atoms with Gasteiger partial charge < -0.3 is 4.90 Å². The predicted octanol–water partition coefficient (Wildman–Crippen LogP) is 5.11. The Morgan fingerprint density at radius 3 is 2.53 bits per heavy atom. The number of carbonyl (C=O) groups excluding carboxylic acids is 1. The monoisotopic (exact) mass is 452 g/mol. The molecule has 2 aromatic carbocycles. The summed E-state index contributed by atoms with van der Waals surface area (Å²) in [6.07, 6.45) is 3.20. The molecule has 2 fully saturated rings. The van der Waals surface area contributed by atoms with E-state index in [1.54, 1.807) is 28.8 Å². The molecule has 0 bridgehead atoms. The summed E-state index contributed by atoms with van der Waals surface area (Å²) in [7, 11) is 0. The molecular weight excluding hydrogens is 424 g/mol. The summed E-state index contributed by atoms with van der Waals surface area (Å²) >= 11 is 1.55. The van der Waals surface area contributed by atoms with Crippen molar-refractivity contribution < 1.29 is 9.72 Å². The molecule has 2 aliphatic rings. The number of benzene rings is 2. The minimum Gasteiger partial charge on any atom is -0.366 e. The summed E-state index contributed by atoms with van der Waals surface area (Å²) < 4.78 is 0. The summed E-state index contributed by atoms with van der Waals surface area (Å²) in [4.78, 5) is 33.5. The number of nitrogens with zero attached hydrogens (tertiary/aromatic N) is 4. The lowest BCUT2D eigenvalue weighted by molar-refractivity contribution is -0.384. The van der Waals surface area contributed by atoms with Gasteiger partial charge in [0.05, 0.1) is 17.0 Å². The van der Waals surface area contributed by atoms with E-state index in [9.17, 15) is 14.9 Å². The second-order valence-electron chi connectivity index (χ2n) is 8.83. The number of carbonyl (C=O) groups is 1. The first-order valence-electron chi connectivity index (χ1n) is 11.0. The molecule has 1 amide bonds. The third-order valence-electron chi connectivity index (χ3n) is 5.91. The van der Waals surface area contributed by atoms with Gasteiger partial charge in [-0.25, -0.2) is 0 Å². The minimum atomic E-state index is -0.433. The smallest absolute Gasteiger partial charge is 0.293 e. The fourth-order valence-electron chi connectivity index (χ4n) is 4.18. The highest BCUT2D eigenvalue weighted by molar-refractivity contribution is 8.14. The zero-order valence-electron chi connectivity index (χ0n) is 18.5. The maximum atomic E-state index is 13.5. The molecule has 0 radical (unpaired) electrons. The number of aliphatic imine (C=N–C) groups is 1. The molecule has 7 nitrogen and oxygen atoms in total. The molecule has 2 heterocycles. The highest BCUT2D eigenvalue weighted by atomic mass is 32.2. The van der Waals surface area contributed by atoms with Gasteiger partial charge in [0.25, 0.3) is 11.6 Å². The molecule has 4 rings (SSSR count). The van der Waals surface area contributed by atoms with E-state index in [4.69, 9.17) is 4.99 Å². The van der Waals surface area contributed by atoms with Crippen molar-refractivity contribution in [2.45, 2.75) is 45.2 Å². The van der Waals surface area contributed by atoms with Crippen molar-refractivity contribution in [2.24, 2.45) is 4.99 Å². The summed E-state index contributed by atoms with van der Waals surface area (Å²) in [5.74, 6) is 0.473. The van der Waals surface area contributed by atoms with E-state index in [-0.39, 0.29) is 16.5 Å². The van der Waals surface area contributed by atoms with Crippen molar-refractivity contribution in [3.05, 3.63) is 69.8 Å². The van der Waals surface area contributed by atoms with Crippen LogP contribution < -0.4 is 4.90 Å². The summed E-state index contributed by atoms with van der Waals surface area (Å²) in [6, 6.07) is 14.8. The van der Waals surface area contributed by atoms with Gasteiger partial charge in [0.15, 0.2) is 5.17 Å². The van der Waals surface area contributed by atoms with Gasteiger partial charge in [-0.3, -0.25) is 24.8 Å². The van der Waals surface area contributed by atoms with E-state index in [2.05, 4.69) is 4.90 Å². The van der Waals surface area contributed by atoms with Crippen LogP contribution in [0.25, 0.3) is 0 Å². The Kier molecular flexibility index (Phi) is 6.50. The lowest BCUT2D eigenvalue weighted by Crippen LogP contribution is -2.46. The zero-order chi connectivity index (χ0) is 22.7. The van der Waals surface area contributed by atoms with E-state index >= 15 is 0 Å². The lowest BCUT2D eigenvalue weighted by atomic mass is 10.0. The molecule has 0 aromatic heterocycles. The Morgan fingerprint density at radius 2 is 1.84 bits per heavy atom. The molecule has 8 heteroatoms. The number of nitro benzene ring substituents is 1. The fraction of sp³-hybridized carbons (Fsp3) is 0.417. The first-order valence-corrected chi connectivity index (χ1v) is 11.9. The number of amidine groups is 1. The SMILES string of the molecule is CC1(C)CSC(=NCc2ccccc2)N1C(=O)c1ccc(N2CCCCC2)c([N+](=O)[O-])c1. The minimum absolute atomic E-state index is 0.00909. The molecule has 168 valence electrons. The van der Waals surface area contributed by atoms with Crippen molar-refractivity contribution in [3.8, 4) is 0 Å². The number of thioether (sulfide) groups is 1. The van der Waals surface area contributed by atoms with Gasteiger partial charge in [-0.2, -0.15) is 0 Å². The maximum absolute atomic E-state index is 13.5. The Morgan fingerprint density at radius 1 is 1.12 bits per heavy atom. The summed E-state index contributed by atoms with van der Waals surface area (Å²) in [5, 5.41) is 12.5. The van der Waals surface area contributed by atoms with Crippen LogP contribution in [0.4, 0.5) is 11.4 Å². The molecule has 0 N–H and O–H groups in total. The summed E-state index contributed by atoms with van der Waals surface area (Å²) in [5.41, 5.74) is 1.54. The number of amides is 1. The molecule has 0 unspecified atom stereocenters. The van der Waals surface area contributed by atoms with Gasteiger partial charge in [0, 0.05) is 30.5 Å². The highest BCUT2D eigenvalue weighted by Gasteiger charge is 2.42. The number of rotatable bonds is 5. The number of anilines is 1. The van der Waals surface area contributed by atoms with Gasteiger partial charge in [0.1, 0.15) is 5.69 Å². The zero-order valence-corrected chi connectivity index (χ0v) is 19.3. The first kappa shape index (κ1) is 22.3. The second kappa shape index (κ2) is 9.32. The Hall–Kier alpha value is -2.87. The van der Waals surface area contributed by atoms with Crippen LogP contribution in [0.1, 0.15) is 49.0 Å². The quantitative estimate of drug-likeness (QED) is 0.465. The van der Waals surface area contributed by atoms with E-state index in [1.165, 1.54) is 6.07 Å². The normalized spacial score (nSPS) is 19.4. The first-order chi connectivity index (χ1) is 15.4. The van der Waals surface area contributed by atoms with Gasteiger partial charge in [-0.1, -0.05) is 42.1 Å². The van der Waals surface area contributed by atoms with Crippen LogP contribution in [0.2, 0.25) is 0 Å². The van der Waals surface area contributed by atoms with Crippen LogP contribution >= 0.6 is 11.8 Å². The lowest BCUT2D eigenvalue weighted by Gasteiger charge is -2.31. The Balaban J connectivity index is 1.63. The van der Waals surface area contributed by atoms with Crippen molar-refractivity contribution in [2.75, 3.05) is 23.7 Å². The topological polar surface area (TPSA) is 79.0 Å². The van der Waals surface area contributed by atoms with Crippen LogP contribution in [0.5, 0.6) is 0 Å². The predicted molar refractivity (Wildman–Crippen MR) is 129 cm³/mol. The fourth-order valence-corrected chi connectivity index (χ4v) is 5.41. The van der Waals surface area contributed by atoms with Crippen LogP contribution in [0.3, 0.4) is 0 Å². The third kappa shape index (κ3) is 4.65. The van der Waals surface area contributed by atoms with E-state index in [0.717, 1.165) is 43.7 Å². The third-order valence-corrected chi connectivity index (χ3v) is 7.33. The van der Waals surface area contributed by atoms with Crippen LogP contribution in [-0.2, 0) is 6.54 Å². The van der Waals surface area contributed by atoms with E-state index < -0.39 is 5.54 Å². The Bertz CT molecular complexity index is 1030. The molecule has 2 aliphatic heterocycles. The molecule has 2 aromatic rings. The van der Waals surface area contributed by atoms with E-state index in [1.807, 2.05) is 44.2 Å². The standard InChI is InChI=1S/C24H28N4O3S/c1-24(2)17-32-23(25-16-18-9-5-3-6-10-18)27(24)22(29)19-11-12-20(21(15-19)28(30)31)26-13-7-4-8-14-26/h3,5-6,9-12,15H,4,7-8,13-14,16-17H2,1-2H3. The highest BCUT2D eigenvalue weighted by Crippen LogP contribution is 2.36. The molecule has 32 heavy (non-hydrogen) atoms. The van der Waals surface area contributed by atoms with Gasteiger partial charge in [-0.15, -0.1) is 0 Å². The van der Waals surface area contributed by atoms with E-state index in [0.29, 0.717) is 23.0 Å². The van der Waals surface area contributed by atoms with Crippen molar-refractivity contribution in [3.63, 3.8) is 0 Å². The average molecular weight is 453 g/mol. The number of nitro groups is 1. The molecule has 2 saturated heterocycles. The average Bonchev–Trinajstić information content (AvgIpc) is 3.12. The van der Waals surface area contributed by atoms with Gasteiger partial charge in [-0.05, 0) is 50.8 Å². The summed E-state index contributed by atoms with van der Waals surface area (Å²) in [6.45, 7) is 6.09. The van der Waals surface area contributed by atoms with Crippen molar-refractivity contribution >= 4 is 34.2 Å². The molecule has 0 saturated carbocycles. The van der Waals surface area contributed by atoms with Crippen LogP contribution in [0.15, 0.2) is 53.5 Å². The molecule has 0 atom stereocenters. The number of hydrogen-bond donors (Lipinski definition) is 0. The van der Waals surface area contributed by atoms with Gasteiger partial charge >= 0.3 is 0 Å². The molecule has 0 spiro atoms. The van der Waals surface area contributed by atoms with Crippen LogP contribution in [-0.4, -0.2) is 45.3 Å². The van der Waals surface area contributed by atoms with Crippen molar-refractivity contribution in [1.82, 2.24) is 4.90 Å². The number of piperidine rings is 1. The molecular formula is C24H28N4O3S. The number of hydrogen-bond acceptors (Lipinski definition) is 6. The van der Waals surface area contributed by atoms with Crippen molar-refractivity contribution in [1.29, 1.82) is 0 Å². The largest absolute Gasteiger partial charge is 0.366 e. The Labute approximate surface area is 192 Å².